The van der Waals surface area contributed by atoms with Crippen molar-refractivity contribution in [3.8, 4) is 0 Å². The zero-order chi connectivity index (χ0) is 7.45. The molecule has 1 aliphatic rings. The number of hydrogen-bond acceptors (Lipinski definition) is 2. The summed E-state index contributed by atoms with van der Waals surface area (Å²) in [6.07, 6.45) is 1.71. The van der Waals surface area contributed by atoms with E-state index in [-0.39, 0.29) is 12.1 Å². The minimum Gasteiger partial charge on any atom is -0.381 e. The van der Waals surface area contributed by atoms with Crippen molar-refractivity contribution >= 4 is 0 Å². The van der Waals surface area contributed by atoms with Gasteiger partial charge >= 0.3 is 0 Å². The Morgan fingerprint density at radius 1 is 1.50 bits per heavy atom. The molecule has 0 aromatic rings. The van der Waals surface area contributed by atoms with Crippen LogP contribution in [0.25, 0.3) is 0 Å². The summed E-state index contributed by atoms with van der Waals surface area (Å²) in [4.78, 5) is 0. The van der Waals surface area contributed by atoms with Crippen LogP contribution in [0.3, 0.4) is 0 Å². The topological polar surface area (TPSA) is 41.2 Å². The van der Waals surface area contributed by atoms with Gasteiger partial charge in [0, 0.05) is 18.8 Å². The van der Waals surface area contributed by atoms with Gasteiger partial charge in [0.1, 0.15) is 6.61 Å². The first-order chi connectivity index (χ1) is 4.83. The van der Waals surface area contributed by atoms with Crippen LogP contribution in [0.5, 0.6) is 0 Å². The maximum atomic E-state index is 10.7. The average Bonchev–Trinajstić information content (AvgIpc) is 2.06. The van der Waals surface area contributed by atoms with Crippen LogP contribution in [0, 0.1) is 0 Å². The van der Waals surface area contributed by atoms with Crippen LogP contribution in [0.4, 0.5) is 0 Å². The van der Waals surface area contributed by atoms with Crippen molar-refractivity contribution in [3.05, 3.63) is 0 Å². The van der Waals surface area contributed by atoms with E-state index in [0.717, 1.165) is 26.1 Å². The van der Waals surface area contributed by atoms with Gasteiger partial charge in [-0.15, -0.1) is 0 Å². The lowest BCUT2D eigenvalue weighted by molar-refractivity contribution is -0.00148. The van der Waals surface area contributed by atoms with E-state index in [0.29, 0.717) is 0 Å². The van der Waals surface area contributed by atoms with E-state index in [9.17, 15) is 5.11 Å². The van der Waals surface area contributed by atoms with Gasteiger partial charge in [0.05, 0.1) is 0 Å². The molecule has 1 N–H and O–H groups in total. The summed E-state index contributed by atoms with van der Waals surface area (Å²) in [5, 5.41) is 13.8. The Morgan fingerprint density at radius 2 is 2.10 bits per heavy atom. The van der Waals surface area contributed by atoms with Crippen molar-refractivity contribution in [2.24, 2.45) is 0 Å². The number of ether oxygens (including phenoxy) is 1. The lowest BCUT2D eigenvalue weighted by Crippen LogP contribution is -2.50. The Kier molecular flexibility index (Phi) is 2.65. The second-order valence-electron chi connectivity index (χ2n) is 2.79. The second-order valence-corrected chi connectivity index (χ2v) is 2.79. The first-order valence-corrected chi connectivity index (χ1v) is 3.68. The summed E-state index contributed by atoms with van der Waals surface area (Å²) < 4.78 is 5.15. The molecule has 1 rings (SSSR count). The van der Waals surface area contributed by atoms with Crippen LogP contribution < -0.4 is 5.32 Å². The van der Waals surface area contributed by atoms with Gasteiger partial charge in [-0.1, -0.05) is 0 Å². The lowest BCUT2D eigenvalue weighted by Gasteiger charge is -2.34. The van der Waals surface area contributed by atoms with Crippen LogP contribution in [0.2, 0.25) is 0 Å². The molecule has 0 amide bonds. The van der Waals surface area contributed by atoms with E-state index in [4.69, 9.17) is 4.74 Å². The Balaban J connectivity index is 2.44. The molecule has 1 radical (unpaired) electrons. The van der Waals surface area contributed by atoms with Crippen LogP contribution in [0.15, 0.2) is 0 Å². The average molecular weight is 144 g/mol. The number of rotatable bonds is 2. The Morgan fingerprint density at radius 3 is 2.40 bits per heavy atom. The van der Waals surface area contributed by atoms with Gasteiger partial charge in [0.25, 0.3) is 0 Å². The molecule has 1 heterocycles. The molecule has 1 saturated heterocycles. The van der Waals surface area contributed by atoms with Gasteiger partial charge in [0.2, 0.25) is 0 Å². The van der Waals surface area contributed by atoms with Crippen LogP contribution >= 0.6 is 0 Å². The van der Waals surface area contributed by atoms with Crippen LogP contribution in [0.1, 0.15) is 12.8 Å². The molecule has 0 saturated carbocycles. The van der Waals surface area contributed by atoms with Crippen LogP contribution in [-0.4, -0.2) is 32.4 Å². The largest absolute Gasteiger partial charge is 0.381 e. The fraction of sp³-hybridized carbons (Fsp3) is 1.00. The highest BCUT2D eigenvalue weighted by molar-refractivity contribution is 4.87. The highest BCUT2D eigenvalue weighted by atomic mass is 16.5. The first kappa shape index (κ1) is 7.98. The predicted octanol–water partition coefficient (Wildman–Crippen LogP) is 0.185. The molecule has 0 aliphatic carbocycles. The Bertz CT molecular complexity index is 93.8. The second kappa shape index (κ2) is 3.32. The summed E-state index contributed by atoms with van der Waals surface area (Å²) in [5.74, 6) is 0. The van der Waals surface area contributed by atoms with E-state index in [1.165, 1.54) is 0 Å². The quantitative estimate of drug-likeness (QED) is 0.601. The standard InChI is InChI=1S/C7H14NO2/c1-8-7(6-9)2-4-10-5-3-7/h8H,2-6H2,1H3. The third-order valence-corrected chi connectivity index (χ3v) is 2.26. The molecule has 0 aromatic carbocycles. The van der Waals surface area contributed by atoms with Gasteiger partial charge in [-0.2, -0.15) is 0 Å². The van der Waals surface area contributed by atoms with Crippen molar-refractivity contribution < 1.29 is 9.84 Å². The lowest BCUT2D eigenvalue weighted by atomic mass is 9.91. The van der Waals surface area contributed by atoms with Gasteiger partial charge in [-0.25, -0.2) is 5.11 Å². The summed E-state index contributed by atoms with van der Waals surface area (Å²) in [7, 11) is 1.85. The maximum absolute atomic E-state index is 10.7. The van der Waals surface area contributed by atoms with Crippen LogP contribution in [-0.2, 0) is 9.84 Å². The van der Waals surface area contributed by atoms with Crippen molar-refractivity contribution in [3.63, 3.8) is 0 Å². The SMILES string of the molecule is CNC1(C[O])CCOCC1. The van der Waals surface area contributed by atoms with Gasteiger partial charge in [0.15, 0.2) is 0 Å². The van der Waals surface area contributed by atoms with Crippen molar-refractivity contribution in [1.29, 1.82) is 0 Å². The molecular weight excluding hydrogens is 130 g/mol. The van der Waals surface area contributed by atoms with E-state index in [1.54, 1.807) is 0 Å². The Hall–Kier alpha value is -0.120. The third-order valence-electron chi connectivity index (χ3n) is 2.26. The van der Waals surface area contributed by atoms with Gasteiger partial charge in [-0.05, 0) is 19.9 Å². The fourth-order valence-electron chi connectivity index (χ4n) is 1.23. The number of likely N-dealkylation sites (N-methyl/N-ethyl adjacent to an activating group) is 1. The molecule has 10 heavy (non-hydrogen) atoms. The molecule has 3 nitrogen and oxygen atoms in total. The summed E-state index contributed by atoms with van der Waals surface area (Å²) in [6.45, 7) is 1.42. The molecule has 1 fully saturated rings. The Labute approximate surface area is 61.4 Å². The van der Waals surface area contributed by atoms with Gasteiger partial charge in [-0.3, -0.25) is 0 Å². The van der Waals surface area contributed by atoms with Crippen molar-refractivity contribution in [2.45, 2.75) is 18.4 Å². The van der Waals surface area contributed by atoms with E-state index in [2.05, 4.69) is 5.32 Å². The van der Waals surface area contributed by atoms with Gasteiger partial charge < -0.3 is 10.1 Å². The minimum absolute atomic E-state index is 0.0349. The molecule has 0 atom stereocenters. The van der Waals surface area contributed by atoms with Crippen molar-refractivity contribution in [2.75, 3.05) is 26.9 Å². The monoisotopic (exact) mass is 144 g/mol. The molecule has 59 valence electrons. The minimum atomic E-state index is -0.168. The smallest absolute Gasteiger partial charge is 0.101 e. The maximum Gasteiger partial charge on any atom is 0.101 e. The predicted molar refractivity (Wildman–Crippen MR) is 37.4 cm³/mol. The molecule has 0 bridgehead atoms. The molecule has 0 aromatic heterocycles. The molecule has 3 heteroatoms. The summed E-state index contributed by atoms with van der Waals surface area (Å²) in [5.41, 5.74) is -0.168. The molecule has 1 aliphatic heterocycles. The highest BCUT2D eigenvalue weighted by Crippen LogP contribution is 2.18. The summed E-state index contributed by atoms with van der Waals surface area (Å²) in [6, 6.07) is 0. The third kappa shape index (κ3) is 1.48. The summed E-state index contributed by atoms with van der Waals surface area (Å²) >= 11 is 0. The molecule has 0 unspecified atom stereocenters. The first-order valence-electron chi connectivity index (χ1n) is 3.68. The number of nitrogens with one attached hydrogen (secondary N) is 1. The fourth-order valence-corrected chi connectivity index (χ4v) is 1.23. The molecule has 0 spiro atoms. The number of hydrogen-bond donors (Lipinski definition) is 1. The normalized spacial score (nSPS) is 24.6. The molecular formula is C7H14NO2. The highest BCUT2D eigenvalue weighted by Gasteiger charge is 2.30. The van der Waals surface area contributed by atoms with E-state index < -0.39 is 0 Å². The van der Waals surface area contributed by atoms with Crippen molar-refractivity contribution in [1.82, 2.24) is 5.32 Å². The zero-order valence-electron chi connectivity index (χ0n) is 6.35. The zero-order valence-corrected chi connectivity index (χ0v) is 6.35. The van der Waals surface area contributed by atoms with E-state index in [1.807, 2.05) is 7.05 Å². The van der Waals surface area contributed by atoms with E-state index >= 15 is 0 Å².